The maximum atomic E-state index is 5.39. The van der Waals surface area contributed by atoms with Gasteiger partial charge in [0.1, 0.15) is 0 Å². The van der Waals surface area contributed by atoms with E-state index in [4.69, 9.17) is 14.2 Å². The average molecular weight is 201 g/mol. The molecule has 0 aliphatic heterocycles. The fourth-order valence-electron chi connectivity index (χ4n) is 0.975. The topological polar surface area (TPSA) is 27.7 Å². The van der Waals surface area contributed by atoms with Crippen LogP contribution in [0.25, 0.3) is 0 Å². The van der Waals surface area contributed by atoms with E-state index in [0.717, 1.165) is 0 Å². The van der Waals surface area contributed by atoms with Crippen molar-refractivity contribution in [2.24, 2.45) is 0 Å². The van der Waals surface area contributed by atoms with Crippen LogP contribution in [0, 0.1) is 0 Å². The molecule has 0 rings (SSSR count). The smallest absolute Gasteiger partial charge is 0.304 e. The van der Waals surface area contributed by atoms with Gasteiger partial charge >= 0.3 is 5.97 Å². The van der Waals surface area contributed by atoms with Gasteiger partial charge in [-0.1, -0.05) is 5.70 Å². The van der Waals surface area contributed by atoms with Crippen molar-refractivity contribution in [2.45, 2.75) is 26.7 Å². The van der Waals surface area contributed by atoms with E-state index < -0.39 is 5.97 Å². The van der Waals surface area contributed by atoms with E-state index in [1.807, 2.05) is 20.8 Å². The summed E-state index contributed by atoms with van der Waals surface area (Å²) in [5, 5.41) is 0. The first kappa shape index (κ1) is 12.8. The van der Waals surface area contributed by atoms with Crippen molar-refractivity contribution in [3.63, 3.8) is 0 Å². The van der Waals surface area contributed by atoms with E-state index in [2.05, 4.69) is 10.2 Å². The standard InChI is InChI=1S/C9H17O3Si/c1-4-10-9(7-8-13,11-5-2)12-6-3/h7-8H,4-6H2,1-3H3. The van der Waals surface area contributed by atoms with Crippen LogP contribution in [0.5, 0.6) is 0 Å². The van der Waals surface area contributed by atoms with Crippen LogP contribution >= 0.6 is 0 Å². The molecular formula is C9H17O3Si. The molecule has 0 aromatic carbocycles. The van der Waals surface area contributed by atoms with Gasteiger partial charge in [0.05, 0.1) is 10.2 Å². The van der Waals surface area contributed by atoms with Gasteiger partial charge in [0, 0.05) is 19.8 Å². The Bertz CT molecular complexity index is 131. The molecular weight excluding hydrogens is 184 g/mol. The van der Waals surface area contributed by atoms with E-state index in [1.54, 1.807) is 11.8 Å². The van der Waals surface area contributed by atoms with Crippen LogP contribution in [0.2, 0.25) is 0 Å². The molecule has 0 N–H and O–H groups in total. The van der Waals surface area contributed by atoms with Crippen molar-refractivity contribution in [2.75, 3.05) is 19.8 Å². The summed E-state index contributed by atoms with van der Waals surface area (Å²) in [6, 6.07) is 0. The zero-order valence-electron chi connectivity index (χ0n) is 8.50. The van der Waals surface area contributed by atoms with Gasteiger partial charge in [-0.15, -0.1) is 0 Å². The maximum Gasteiger partial charge on any atom is 0.304 e. The van der Waals surface area contributed by atoms with Crippen LogP contribution < -0.4 is 0 Å². The lowest BCUT2D eigenvalue weighted by Gasteiger charge is -2.29. The highest BCUT2D eigenvalue weighted by Crippen LogP contribution is 2.17. The van der Waals surface area contributed by atoms with Gasteiger partial charge in [0.25, 0.3) is 0 Å². The molecule has 0 bridgehead atoms. The molecule has 0 spiro atoms. The van der Waals surface area contributed by atoms with E-state index in [0.29, 0.717) is 19.8 Å². The second kappa shape index (κ2) is 7.26. The molecule has 0 heterocycles. The Morgan fingerprint density at radius 1 is 1.00 bits per heavy atom. The summed E-state index contributed by atoms with van der Waals surface area (Å²) in [5.41, 5.74) is 1.67. The minimum Gasteiger partial charge on any atom is -0.324 e. The first-order valence-corrected chi connectivity index (χ1v) is 5.09. The predicted octanol–water partition coefficient (Wildman–Crippen LogP) is 1.43. The summed E-state index contributed by atoms with van der Waals surface area (Å²) in [6.45, 7) is 7.31. The van der Waals surface area contributed by atoms with Crippen LogP contribution in [-0.2, 0) is 14.2 Å². The minimum absolute atomic E-state index is 0.538. The fourth-order valence-corrected chi connectivity index (χ4v) is 1.18. The van der Waals surface area contributed by atoms with E-state index in [1.165, 1.54) is 0 Å². The molecule has 3 nitrogen and oxygen atoms in total. The fraction of sp³-hybridized carbons (Fsp3) is 0.778. The van der Waals surface area contributed by atoms with Crippen molar-refractivity contribution in [1.82, 2.24) is 0 Å². The highest BCUT2D eigenvalue weighted by molar-refractivity contribution is 6.17. The Morgan fingerprint density at radius 2 is 1.38 bits per heavy atom. The Morgan fingerprint density at radius 3 is 1.62 bits per heavy atom. The molecule has 0 aromatic rings. The van der Waals surface area contributed by atoms with Crippen molar-refractivity contribution < 1.29 is 14.2 Å². The van der Waals surface area contributed by atoms with Crippen LogP contribution in [0.1, 0.15) is 20.8 Å². The van der Waals surface area contributed by atoms with Gasteiger partial charge in [-0.3, -0.25) is 0 Å². The molecule has 0 unspecified atom stereocenters. The first-order chi connectivity index (χ1) is 6.24. The number of hydrogen-bond donors (Lipinski definition) is 0. The molecule has 0 fully saturated rings. The van der Waals surface area contributed by atoms with Crippen LogP contribution in [0.4, 0.5) is 0 Å². The summed E-state index contributed by atoms with van der Waals surface area (Å²) < 4.78 is 16.2. The Kier molecular flexibility index (Phi) is 7.17. The molecule has 0 saturated heterocycles. The molecule has 0 saturated carbocycles. The molecule has 13 heavy (non-hydrogen) atoms. The molecule has 0 amide bonds. The normalized spacial score (nSPS) is 12.6. The highest BCUT2D eigenvalue weighted by atomic mass is 28.1. The second-order valence-corrected chi connectivity index (χ2v) is 2.57. The third-order valence-corrected chi connectivity index (χ3v) is 1.49. The van der Waals surface area contributed by atoms with Crippen LogP contribution in [0.3, 0.4) is 0 Å². The van der Waals surface area contributed by atoms with Crippen LogP contribution in [-0.4, -0.2) is 36.0 Å². The molecule has 0 aromatic heterocycles. The zero-order valence-corrected chi connectivity index (χ0v) is 9.50. The van der Waals surface area contributed by atoms with Crippen molar-refractivity contribution >= 4 is 10.2 Å². The summed E-state index contributed by atoms with van der Waals surface area (Å²) in [7, 11) is 3.22. The second-order valence-electron chi connectivity index (χ2n) is 2.24. The van der Waals surface area contributed by atoms with E-state index in [9.17, 15) is 0 Å². The summed E-state index contributed by atoms with van der Waals surface area (Å²) in [6.07, 6.45) is 1.69. The van der Waals surface area contributed by atoms with E-state index >= 15 is 0 Å². The largest absolute Gasteiger partial charge is 0.324 e. The predicted molar refractivity (Wildman–Crippen MR) is 52.5 cm³/mol. The molecule has 75 valence electrons. The third kappa shape index (κ3) is 4.57. The Hall–Kier alpha value is -0.163. The van der Waals surface area contributed by atoms with Gasteiger partial charge in [-0.2, -0.15) is 0 Å². The zero-order chi connectivity index (χ0) is 10.2. The Labute approximate surface area is 83.5 Å². The summed E-state index contributed by atoms with van der Waals surface area (Å²) in [4.78, 5) is 0. The SMILES string of the molecule is CCOC(C=C[Si])(OCC)OCC. The van der Waals surface area contributed by atoms with Crippen molar-refractivity contribution in [3.8, 4) is 0 Å². The maximum absolute atomic E-state index is 5.39. The monoisotopic (exact) mass is 201 g/mol. The minimum atomic E-state index is -1.03. The lowest BCUT2D eigenvalue weighted by Crippen LogP contribution is -2.37. The third-order valence-electron chi connectivity index (χ3n) is 1.32. The van der Waals surface area contributed by atoms with Crippen molar-refractivity contribution in [3.05, 3.63) is 11.8 Å². The average Bonchev–Trinajstić information content (AvgIpc) is 2.06. The molecule has 0 aliphatic rings. The number of rotatable bonds is 7. The lowest BCUT2D eigenvalue weighted by atomic mass is 10.5. The van der Waals surface area contributed by atoms with Gasteiger partial charge in [0.2, 0.25) is 0 Å². The first-order valence-electron chi connectivity index (χ1n) is 4.51. The van der Waals surface area contributed by atoms with Crippen LogP contribution in [0.15, 0.2) is 11.8 Å². The van der Waals surface area contributed by atoms with E-state index in [-0.39, 0.29) is 0 Å². The van der Waals surface area contributed by atoms with Gasteiger partial charge < -0.3 is 14.2 Å². The van der Waals surface area contributed by atoms with Gasteiger partial charge in [-0.05, 0) is 26.8 Å². The quantitative estimate of drug-likeness (QED) is 0.461. The molecule has 3 radical (unpaired) electrons. The lowest BCUT2D eigenvalue weighted by molar-refractivity contribution is -0.345. The number of hydrogen-bond acceptors (Lipinski definition) is 3. The molecule has 4 heteroatoms. The van der Waals surface area contributed by atoms with Gasteiger partial charge in [-0.25, -0.2) is 0 Å². The Balaban J connectivity index is 4.37. The summed E-state index contributed by atoms with van der Waals surface area (Å²) >= 11 is 0. The molecule has 0 aliphatic carbocycles. The van der Waals surface area contributed by atoms with Crippen molar-refractivity contribution in [1.29, 1.82) is 0 Å². The summed E-state index contributed by atoms with van der Waals surface area (Å²) in [5.74, 6) is -1.03. The number of ether oxygens (including phenoxy) is 3. The van der Waals surface area contributed by atoms with Gasteiger partial charge in [0.15, 0.2) is 0 Å². The highest BCUT2D eigenvalue weighted by Gasteiger charge is 2.28. The molecule has 0 atom stereocenters.